The first kappa shape index (κ1) is 13.9. The van der Waals surface area contributed by atoms with E-state index < -0.39 is 0 Å². The van der Waals surface area contributed by atoms with Crippen LogP contribution in [0.1, 0.15) is 23.2 Å². The zero-order valence-corrected chi connectivity index (χ0v) is 11.6. The van der Waals surface area contributed by atoms with Gasteiger partial charge in [-0.15, -0.1) is 0 Å². The van der Waals surface area contributed by atoms with E-state index in [9.17, 15) is 10.1 Å². The summed E-state index contributed by atoms with van der Waals surface area (Å²) in [4.78, 5) is 17.3. The lowest BCUT2D eigenvalue weighted by atomic mass is 10.1. The lowest BCUT2D eigenvalue weighted by Gasteiger charge is -2.14. The average molecular weight is 264 g/mol. The number of hydrogen-bond donors (Lipinski definition) is 1. The van der Waals surface area contributed by atoms with E-state index in [1.54, 1.807) is 20.0 Å². The summed E-state index contributed by atoms with van der Waals surface area (Å²) in [5.41, 5.74) is 2.25. The van der Waals surface area contributed by atoms with Gasteiger partial charge in [-0.2, -0.15) is 0 Å². The van der Waals surface area contributed by atoms with Crippen molar-refractivity contribution < 1.29 is 4.92 Å². The highest BCUT2D eigenvalue weighted by molar-refractivity contribution is 5.47. The SMILES string of the molecule is Cc1cnc(CNC2CCN(C)C2)c(C)c1[N+](=O)[O-]. The first-order chi connectivity index (χ1) is 8.99. The fraction of sp³-hybridized carbons (Fsp3) is 0.615. The number of nitrogens with one attached hydrogen (secondary N) is 1. The second-order valence-electron chi connectivity index (χ2n) is 5.25. The van der Waals surface area contributed by atoms with Crippen LogP contribution in [0, 0.1) is 24.0 Å². The minimum Gasteiger partial charge on any atom is -0.307 e. The molecular formula is C13H20N4O2. The molecule has 0 saturated carbocycles. The van der Waals surface area contributed by atoms with Gasteiger partial charge >= 0.3 is 0 Å². The zero-order valence-electron chi connectivity index (χ0n) is 11.6. The Morgan fingerprint density at radius 2 is 2.32 bits per heavy atom. The third-order valence-electron chi connectivity index (χ3n) is 3.71. The Bertz CT molecular complexity index is 490. The lowest BCUT2D eigenvalue weighted by molar-refractivity contribution is -0.386. The summed E-state index contributed by atoms with van der Waals surface area (Å²) in [5, 5.41) is 14.5. The van der Waals surface area contributed by atoms with Gasteiger partial charge in [-0.05, 0) is 33.9 Å². The van der Waals surface area contributed by atoms with Crippen LogP contribution in [0.2, 0.25) is 0 Å². The zero-order chi connectivity index (χ0) is 14.0. The summed E-state index contributed by atoms with van der Waals surface area (Å²) in [6, 6.07) is 0.451. The molecule has 2 rings (SSSR count). The molecule has 1 aliphatic heterocycles. The summed E-state index contributed by atoms with van der Waals surface area (Å²) in [6.45, 7) is 6.20. The van der Waals surface area contributed by atoms with E-state index in [4.69, 9.17) is 0 Å². The van der Waals surface area contributed by atoms with Crippen LogP contribution in [-0.2, 0) is 6.54 Å². The van der Waals surface area contributed by atoms with Crippen molar-refractivity contribution in [3.05, 3.63) is 33.1 Å². The molecule has 19 heavy (non-hydrogen) atoms. The summed E-state index contributed by atoms with van der Waals surface area (Å²) in [6.07, 6.45) is 2.70. The molecule has 1 aliphatic rings. The molecule has 0 amide bonds. The molecule has 0 bridgehead atoms. The number of rotatable bonds is 4. The van der Waals surface area contributed by atoms with Crippen molar-refractivity contribution in [2.45, 2.75) is 32.9 Å². The number of likely N-dealkylation sites (tertiary alicyclic amines) is 1. The second kappa shape index (κ2) is 5.63. The highest BCUT2D eigenvalue weighted by atomic mass is 16.6. The van der Waals surface area contributed by atoms with Crippen molar-refractivity contribution >= 4 is 5.69 Å². The number of nitro groups is 1. The monoisotopic (exact) mass is 264 g/mol. The standard InChI is InChI=1S/C13H20N4O2/c1-9-6-15-12(10(2)13(9)17(18)19)7-14-11-4-5-16(3)8-11/h6,11,14H,4-5,7-8H2,1-3H3. The summed E-state index contributed by atoms with van der Waals surface area (Å²) >= 11 is 0. The number of hydrogen-bond acceptors (Lipinski definition) is 5. The summed E-state index contributed by atoms with van der Waals surface area (Å²) in [7, 11) is 2.10. The Hall–Kier alpha value is -1.53. The number of aromatic nitrogens is 1. The van der Waals surface area contributed by atoms with E-state index in [1.165, 1.54) is 0 Å². The van der Waals surface area contributed by atoms with Crippen LogP contribution >= 0.6 is 0 Å². The van der Waals surface area contributed by atoms with E-state index >= 15 is 0 Å². The van der Waals surface area contributed by atoms with Crippen molar-refractivity contribution in [2.75, 3.05) is 20.1 Å². The maximum atomic E-state index is 11.0. The predicted octanol–water partition coefficient (Wildman–Crippen LogP) is 1.40. The average Bonchev–Trinajstić information content (AvgIpc) is 2.74. The fourth-order valence-corrected chi connectivity index (χ4v) is 2.57. The number of nitrogens with zero attached hydrogens (tertiary/aromatic N) is 3. The van der Waals surface area contributed by atoms with Crippen LogP contribution in [-0.4, -0.2) is 41.0 Å². The third-order valence-corrected chi connectivity index (χ3v) is 3.71. The molecule has 0 aliphatic carbocycles. The normalized spacial score (nSPS) is 19.8. The minimum atomic E-state index is -0.320. The van der Waals surface area contributed by atoms with E-state index in [-0.39, 0.29) is 10.6 Å². The summed E-state index contributed by atoms with van der Waals surface area (Å²) < 4.78 is 0. The van der Waals surface area contributed by atoms with Gasteiger partial charge in [-0.3, -0.25) is 15.1 Å². The quantitative estimate of drug-likeness (QED) is 0.657. The number of aryl methyl sites for hydroxylation is 1. The minimum absolute atomic E-state index is 0.190. The van der Waals surface area contributed by atoms with Crippen LogP contribution < -0.4 is 5.32 Å². The molecular weight excluding hydrogens is 244 g/mol. The molecule has 0 spiro atoms. The van der Waals surface area contributed by atoms with E-state index in [0.29, 0.717) is 23.7 Å². The molecule has 6 nitrogen and oxygen atoms in total. The van der Waals surface area contributed by atoms with Crippen molar-refractivity contribution in [3.63, 3.8) is 0 Å². The van der Waals surface area contributed by atoms with Crippen LogP contribution in [0.4, 0.5) is 5.69 Å². The second-order valence-corrected chi connectivity index (χ2v) is 5.25. The molecule has 1 saturated heterocycles. The Morgan fingerprint density at radius 1 is 1.58 bits per heavy atom. The van der Waals surface area contributed by atoms with E-state index in [0.717, 1.165) is 25.2 Å². The third kappa shape index (κ3) is 3.08. The molecule has 1 unspecified atom stereocenters. The fourth-order valence-electron chi connectivity index (χ4n) is 2.57. The topological polar surface area (TPSA) is 71.3 Å². The van der Waals surface area contributed by atoms with Gasteiger partial charge in [0.1, 0.15) is 0 Å². The van der Waals surface area contributed by atoms with Gasteiger partial charge in [-0.25, -0.2) is 0 Å². The first-order valence-corrected chi connectivity index (χ1v) is 6.50. The van der Waals surface area contributed by atoms with Gasteiger partial charge in [0.15, 0.2) is 0 Å². The van der Waals surface area contributed by atoms with E-state index in [1.807, 2.05) is 0 Å². The Morgan fingerprint density at radius 3 is 2.89 bits per heavy atom. The predicted molar refractivity (Wildman–Crippen MR) is 73.1 cm³/mol. The van der Waals surface area contributed by atoms with Crippen LogP contribution in [0.15, 0.2) is 6.20 Å². The molecule has 1 fully saturated rings. The molecule has 1 atom stereocenters. The molecule has 104 valence electrons. The van der Waals surface area contributed by atoms with Gasteiger partial charge in [0, 0.05) is 36.5 Å². The van der Waals surface area contributed by atoms with Crippen LogP contribution in [0.25, 0.3) is 0 Å². The van der Waals surface area contributed by atoms with Gasteiger partial charge in [0.2, 0.25) is 0 Å². The van der Waals surface area contributed by atoms with E-state index in [2.05, 4.69) is 22.2 Å². The maximum Gasteiger partial charge on any atom is 0.278 e. The summed E-state index contributed by atoms with van der Waals surface area (Å²) in [5.74, 6) is 0. The van der Waals surface area contributed by atoms with Gasteiger partial charge < -0.3 is 10.2 Å². The van der Waals surface area contributed by atoms with Crippen molar-refractivity contribution in [1.29, 1.82) is 0 Å². The Kier molecular flexibility index (Phi) is 4.11. The van der Waals surface area contributed by atoms with Crippen molar-refractivity contribution in [3.8, 4) is 0 Å². The van der Waals surface area contributed by atoms with Crippen molar-refractivity contribution in [1.82, 2.24) is 15.2 Å². The highest BCUT2D eigenvalue weighted by Gasteiger charge is 2.21. The smallest absolute Gasteiger partial charge is 0.278 e. The molecule has 0 radical (unpaired) electrons. The van der Waals surface area contributed by atoms with Gasteiger partial charge in [0.25, 0.3) is 5.69 Å². The van der Waals surface area contributed by atoms with Crippen molar-refractivity contribution in [2.24, 2.45) is 0 Å². The molecule has 2 heterocycles. The van der Waals surface area contributed by atoms with Crippen LogP contribution in [0.5, 0.6) is 0 Å². The number of pyridine rings is 1. The maximum absolute atomic E-state index is 11.0. The molecule has 0 aromatic carbocycles. The van der Waals surface area contributed by atoms with Crippen LogP contribution in [0.3, 0.4) is 0 Å². The van der Waals surface area contributed by atoms with Gasteiger partial charge in [-0.1, -0.05) is 0 Å². The molecule has 6 heteroatoms. The molecule has 1 N–H and O–H groups in total. The first-order valence-electron chi connectivity index (χ1n) is 6.50. The Labute approximate surface area is 113 Å². The Balaban J connectivity index is 2.08. The largest absolute Gasteiger partial charge is 0.307 e. The molecule has 1 aromatic rings. The highest BCUT2D eigenvalue weighted by Crippen LogP contribution is 2.24. The van der Waals surface area contributed by atoms with Gasteiger partial charge in [0.05, 0.1) is 10.6 Å². The molecule has 1 aromatic heterocycles. The number of likely N-dealkylation sites (N-methyl/N-ethyl adjacent to an activating group) is 1. The lowest BCUT2D eigenvalue weighted by Crippen LogP contribution is -2.31.